The van der Waals surface area contributed by atoms with E-state index in [2.05, 4.69) is 0 Å². The Hall–Kier alpha value is -1.19. The maximum Gasteiger partial charge on any atom is 0.243 e. The Bertz CT molecular complexity index is 806. The summed E-state index contributed by atoms with van der Waals surface area (Å²) in [6.45, 7) is 1.92. The molecular weight excluding hydrogens is 333 g/mol. The Kier molecular flexibility index (Phi) is 3.69. The predicted molar refractivity (Wildman–Crippen MR) is 77.4 cm³/mol. The molecular formula is C13H16FNO5S2. The number of benzene rings is 1. The first-order chi connectivity index (χ1) is 10.3. The van der Waals surface area contributed by atoms with Crippen LogP contribution in [-0.2, 0) is 19.9 Å². The summed E-state index contributed by atoms with van der Waals surface area (Å²) in [5.41, 5.74) is 0. The fourth-order valence-electron chi connectivity index (χ4n) is 3.01. The molecule has 2 fully saturated rings. The number of ether oxygens (including phenoxy) is 1. The number of rotatable bonds is 4. The van der Waals surface area contributed by atoms with Crippen molar-refractivity contribution in [2.24, 2.45) is 0 Å². The van der Waals surface area contributed by atoms with Crippen molar-refractivity contribution < 1.29 is 26.0 Å². The first-order valence-corrected chi connectivity index (χ1v) is 10.1. The van der Waals surface area contributed by atoms with Crippen LogP contribution in [0, 0.1) is 5.82 Å². The van der Waals surface area contributed by atoms with Crippen LogP contribution in [-0.4, -0.2) is 51.3 Å². The van der Waals surface area contributed by atoms with Crippen molar-refractivity contribution in [3.8, 4) is 5.75 Å². The largest absolute Gasteiger partial charge is 0.491 e. The van der Waals surface area contributed by atoms with Gasteiger partial charge in [0, 0.05) is 12.6 Å². The molecule has 9 heteroatoms. The summed E-state index contributed by atoms with van der Waals surface area (Å²) in [5, 5.41) is -0.639. The van der Waals surface area contributed by atoms with E-state index in [0.717, 1.165) is 6.07 Å². The smallest absolute Gasteiger partial charge is 0.243 e. The zero-order chi connectivity index (χ0) is 16.1. The van der Waals surface area contributed by atoms with Gasteiger partial charge in [0.1, 0.15) is 0 Å². The average molecular weight is 349 g/mol. The average Bonchev–Trinajstić information content (AvgIpc) is 2.97. The highest BCUT2D eigenvalue weighted by atomic mass is 32.2. The van der Waals surface area contributed by atoms with Crippen molar-refractivity contribution >= 4 is 19.9 Å². The molecule has 2 aliphatic heterocycles. The van der Waals surface area contributed by atoms with Gasteiger partial charge in [0.05, 0.1) is 22.5 Å². The fraction of sp³-hybridized carbons (Fsp3) is 0.538. The molecule has 122 valence electrons. The van der Waals surface area contributed by atoms with Gasteiger partial charge in [-0.25, -0.2) is 21.2 Å². The molecule has 0 saturated carbocycles. The van der Waals surface area contributed by atoms with Crippen molar-refractivity contribution in [1.82, 2.24) is 4.31 Å². The van der Waals surface area contributed by atoms with Gasteiger partial charge in [0.25, 0.3) is 0 Å². The van der Waals surface area contributed by atoms with E-state index in [9.17, 15) is 21.2 Å². The molecule has 0 spiro atoms. The molecule has 0 radical (unpaired) electrons. The summed E-state index contributed by atoms with van der Waals surface area (Å²) < 4.78 is 68.7. The topological polar surface area (TPSA) is 80.8 Å². The van der Waals surface area contributed by atoms with Crippen LogP contribution in [0.5, 0.6) is 5.75 Å². The van der Waals surface area contributed by atoms with Gasteiger partial charge in [-0.1, -0.05) is 0 Å². The molecule has 0 aromatic heterocycles. The van der Waals surface area contributed by atoms with E-state index in [1.807, 2.05) is 0 Å². The highest BCUT2D eigenvalue weighted by molar-refractivity contribution is 7.93. The minimum absolute atomic E-state index is 0.00743. The van der Waals surface area contributed by atoms with Crippen LogP contribution in [0.2, 0.25) is 0 Å². The number of halogens is 1. The van der Waals surface area contributed by atoms with Crippen LogP contribution < -0.4 is 4.74 Å². The van der Waals surface area contributed by atoms with E-state index in [1.54, 1.807) is 6.92 Å². The van der Waals surface area contributed by atoms with Gasteiger partial charge in [-0.3, -0.25) is 0 Å². The SMILES string of the molecule is CCOc1ccc(S(=O)(=O)N2CC3CC2CS3(=O)=O)cc1F. The number of sulfone groups is 1. The van der Waals surface area contributed by atoms with Crippen molar-refractivity contribution in [3.63, 3.8) is 0 Å². The summed E-state index contributed by atoms with van der Waals surface area (Å²) in [7, 11) is -7.09. The van der Waals surface area contributed by atoms with Crippen molar-refractivity contribution in [3.05, 3.63) is 24.0 Å². The van der Waals surface area contributed by atoms with E-state index in [4.69, 9.17) is 4.74 Å². The lowest BCUT2D eigenvalue weighted by atomic mass is 10.3. The van der Waals surface area contributed by atoms with Gasteiger partial charge < -0.3 is 4.74 Å². The first kappa shape index (κ1) is 15.7. The second-order valence-corrected chi connectivity index (χ2v) is 9.66. The quantitative estimate of drug-likeness (QED) is 0.803. The third-order valence-electron chi connectivity index (χ3n) is 4.07. The monoisotopic (exact) mass is 349 g/mol. The molecule has 3 rings (SSSR count). The molecule has 2 heterocycles. The molecule has 2 bridgehead atoms. The summed E-state index contributed by atoms with van der Waals surface area (Å²) in [6, 6.07) is 2.93. The summed E-state index contributed by atoms with van der Waals surface area (Å²) in [4.78, 5) is -0.182. The molecule has 1 aromatic carbocycles. The normalized spacial score (nSPS) is 27.2. The molecule has 2 unspecified atom stereocenters. The predicted octanol–water partition coefficient (Wildman–Crippen LogP) is 0.784. The Morgan fingerprint density at radius 1 is 1.41 bits per heavy atom. The van der Waals surface area contributed by atoms with Crippen LogP contribution in [0.3, 0.4) is 0 Å². The summed E-state index contributed by atoms with van der Waals surface area (Å²) in [5.74, 6) is -0.914. The molecule has 0 N–H and O–H groups in total. The van der Waals surface area contributed by atoms with Crippen molar-refractivity contribution in [2.75, 3.05) is 18.9 Å². The van der Waals surface area contributed by atoms with E-state index in [-0.39, 0.29) is 29.5 Å². The van der Waals surface area contributed by atoms with Gasteiger partial charge in [0.15, 0.2) is 21.4 Å². The Morgan fingerprint density at radius 2 is 2.14 bits per heavy atom. The van der Waals surface area contributed by atoms with Crippen LogP contribution in [0.4, 0.5) is 4.39 Å². The molecule has 0 amide bonds. The molecule has 2 atom stereocenters. The Labute approximate surface area is 128 Å². The van der Waals surface area contributed by atoms with Crippen LogP contribution >= 0.6 is 0 Å². The number of nitrogens with zero attached hydrogens (tertiary/aromatic N) is 1. The van der Waals surface area contributed by atoms with Crippen LogP contribution in [0.25, 0.3) is 0 Å². The number of hydrogen-bond donors (Lipinski definition) is 0. The number of hydrogen-bond acceptors (Lipinski definition) is 5. The third kappa shape index (κ3) is 2.40. The van der Waals surface area contributed by atoms with Crippen molar-refractivity contribution in [1.29, 1.82) is 0 Å². The van der Waals surface area contributed by atoms with Crippen molar-refractivity contribution in [2.45, 2.75) is 29.5 Å². The summed E-state index contributed by atoms with van der Waals surface area (Å²) in [6.07, 6.45) is 0.321. The van der Waals surface area contributed by atoms with Gasteiger partial charge >= 0.3 is 0 Å². The minimum Gasteiger partial charge on any atom is -0.491 e. The molecule has 2 saturated heterocycles. The van der Waals surface area contributed by atoms with Gasteiger partial charge in [-0.05, 0) is 31.5 Å². The minimum atomic E-state index is -3.90. The third-order valence-corrected chi connectivity index (χ3v) is 8.19. The van der Waals surface area contributed by atoms with Gasteiger partial charge in [-0.15, -0.1) is 0 Å². The van der Waals surface area contributed by atoms with Gasteiger partial charge in [0.2, 0.25) is 10.0 Å². The van der Waals surface area contributed by atoms with E-state index in [1.165, 1.54) is 16.4 Å². The molecule has 0 aliphatic carbocycles. The molecule has 1 aromatic rings. The fourth-order valence-corrected chi connectivity index (χ4v) is 6.91. The highest BCUT2D eigenvalue weighted by Crippen LogP contribution is 2.37. The maximum absolute atomic E-state index is 13.9. The zero-order valence-electron chi connectivity index (χ0n) is 11.9. The lowest BCUT2D eigenvalue weighted by Crippen LogP contribution is -2.43. The number of sulfonamides is 1. The zero-order valence-corrected chi connectivity index (χ0v) is 13.5. The lowest BCUT2D eigenvalue weighted by Gasteiger charge is -2.26. The second kappa shape index (κ2) is 5.17. The standard InChI is InChI=1S/C13H16FNO5S2/c1-2-20-13-4-3-10(6-12(13)14)22(18,19)15-7-11-5-9(15)8-21(11,16)17/h3-4,6,9,11H,2,5,7-8H2,1H3. The van der Waals surface area contributed by atoms with E-state index in [0.29, 0.717) is 6.42 Å². The Morgan fingerprint density at radius 3 is 2.64 bits per heavy atom. The second-order valence-electron chi connectivity index (χ2n) is 5.44. The number of fused-ring (bicyclic) bond motifs is 2. The molecule has 6 nitrogen and oxygen atoms in total. The first-order valence-electron chi connectivity index (χ1n) is 6.91. The lowest BCUT2D eigenvalue weighted by molar-refractivity contribution is 0.321. The van der Waals surface area contributed by atoms with E-state index >= 15 is 0 Å². The van der Waals surface area contributed by atoms with Crippen LogP contribution in [0.15, 0.2) is 23.1 Å². The van der Waals surface area contributed by atoms with Crippen LogP contribution in [0.1, 0.15) is 13.3 Å². The van der Waals surface area contributed by atoms with E-state index < -0.39 is 37.0 Å². The summed E-state index contributed by atoms with van der Waals surface area (Å²) >= 11 is 0. The Balaban J connectivity index is 1.90. The molecule has 22 heavy (non-hydrogen) atoms. The molecule has 2 aliphatic rings. The van der Waals surface area contributed by atoms with Gasteiger partial charge in [-0.2, -0.15) is 4.31 Å². The highest BCUT2D eigenvalue weighted by Gasteiger charge is 2.52. The maximum atomic E-state index is 13.9.